The van der Waals surface area contributed by atoms with Crippen LogP contribution in [-0.2, 0) is 4.79 Å². The van der Waals surface area contributed by atoms with Gasteiger partial charge in [-0.25, -0.2) is 9.78 Å². The summed E-state index contributed by atoms with van der Waals surface area (Å²) < 4.78 is 5.18. The van der Waals surface area contributed by atoms with Crippen molar-refractivity contribution in [3.05, 3.63) is 42.4 Å². The van der Waals surface area contributed by atoms with E-state index in [1.807, 2.05) is 0 Å². The van der Waals surface area contributed by atoms with E-state index in [2.05, 4.69) is 10.3 Å². The molecule has 1 amide bonds. The van der Waals surface area contributed by atoms with Crippen LogP contribution in [0.1, 0.15) is 29.6 Å². The predicted octanol–water partition coefficient (Wildman–Crippen LogP) is 2.32. The lowest BCUT2D eigenvalue weighted by molar-refractivity contribution is -0.139. The van der Waals surface area contributed by atoms with Gasteiger partial charge in [0.05, 0.1) is 6.20 Å². The van der Waals surface area contributed by atoms with Gasteiger partial charge in [-0.05, 0) is 24.5 Å². The largest absolute Gasteiger partial charge is 0.480 e. The van der Waals surface area contributed by atoms with Crippen molar-refractivity contribution >= 4 is 11.9 Å². The number of carboxylic acid groups (broad SMARTS) is 1. The molecule has 1 unspecified atom stereocenters. The fourth-order valence-electron chi connectivity index (χ4n) is 2.29. The molecule has 1 aliphatic carbocycles. The van der Waals surface area contributed by atoms with Crippen LogP contribution in [-0.4, -0.2) is 28.0 Å². The zero-order valence-electron chi connectivity index (χ0n) is 11.9. The predicted molar refractivity (Wildman–Crippen MR) is 78.2 cm³/mol. The number of benzene rings is 1. The van der Waals surface area contributed by atoms with E-state index in [-0.39, 0.29) is 5.91 Å². The number of rotatable bonds is 6. The summed E-state index contributed by atoms with van der Waals surface area (Å²) in [6, 6.07) is 5.94. The SMILES string of the molecule is O=C(NC(CC1CC1)C(=O)O)c1ccc(-c2cnco2)cc1. The highest BCUT2D eigenvalue weighted by Gasteiger charge is 2.30. The van der Waals surface area contributed by atoms with E-state index in [1.165, 1.54) is 6.39 Å². The smallest absolute Gasteiger partial charge is 0.326 e. The summed E-state index contributed by atoms with van der Waals surface area (Å²) in [6.45, 7) is 0. The Labute approximate surface area is 127 Å². The summed E-state index contributed by atoms with van der Waals surface area (Å²) in [7, 11) is 0. The van der Waals surface area contributed by atoms with Crippen molar-refractivity contribution in [3.8, 4) is 11.3 Å². The zero-order valence-corrected chi connectivity index (χ0v) is 11.9. The summed E-state index contributed by atoms with van der Waals surface area (Å²) in [6.07, 6.45) is 5.52. The van der Waals surface area contributed by atoms with Crippen LogP contribution >= 0.6 is 0 Å². The fourth-order valence-corrected chi connectivity index (χ4v) is 2.29. The Balaban J connectivity index is 1.67. The third kappa shape index (κ3) is 3.33. The Kier molecular flexibility index (Phi) is 3.91. The number of hydrogen-bond donors (Lipinski definition) is 2. The zero-order chi connectivity index (χ0) is 15.5. The first kappa shape index (κ1) is 14.3. The Morgan fingerprint density at radius 2 is 2.05 bits per heavy atom. The van der Waals surface area contributed by atoms with Crippen molar-refractivity contribution in [2.24, 2.45) is 5.92 Å². The molecular weight excluding hydrogens is 284 g/mol. The maximum atomic E-state index is 12.1. The maximum Gasteiger partial charge on any atom is 0.326 e. The lowest BCUT2D eigenvalue weighted by Gasteiger charge is -2.14. The molecule has 2 aromatic rings. The Hall–Kier alpha value is -2.63. The van der Waals surface area contributed by atoms with Gasteiger partial charge < -0.3 is 14.8 Å². The van der Waals surface area contributed by atoms with Crippen LogP contribution in [0, 0.1) is 5.92 Å². The van der Waals surface area contributed by atoms with E-state index in [0.29, 0.717) is 23.7 Å². The second kappa shape index (κ2) is 6.01. The van der Waals surface area contributed by atoms with Gasteiger partial charge in [0.1, 0.15) is 6.04 Å². The molecule has 0 aliphatic heterocycles. The van der Waals surface area contributed by atoms with Crippen LogP contribution in [0.3, 0.4) is 0 Å². The highest BCUT2D eigenvalue weighted by atomic mass is 16.4. The number of carboxylic acids is 1. The number of carbonyl (C=O) groups excluding carboxylic acids is 1. The number of nitrogens with one attached hydrogen (secondary N) is 1. The molecule has 1 atom stereocenters. The molecule has 0 bridgehead atoms. The molecule has 1 heterocycles. The summed E-state index contributed by atoms with van der Waals surface area (Å²) in [5.41, 5.74) is 1.23. The minimum atomic E-state index is -0.987. The van der Waals surface area contributed by atoms with E-state index in [4.69, 9.17) is 4.42 Å². The van der Waals surface area contributed by atoms with Crippen molar-refractivity contribution in [1.29, 1.82) is 0 Å². The Morgan fingerprint density at radius 1 is 1.32 bits per heavy atom. The van der Waals surface area contributed by atoms with Crippen molar-refractivity contribution in [2.45, 2.75) is 25.3 Å². The second-order valence-electron chi connectivity index (χ2n) is 5.49. The molecule has 1 fully saturated rings. The van der Waals surface area contributed by atoms with Gasteiger partial charge in [-0.1, -0.05) is 25.0 Å². The maximum absolute atomic E-state index is 12.1. The van der Waals surface area contributed by atoms with Gasteiger partial charge in [0.25, 0.3) is 5.91 Å². The molecule has 1 saturated carbocycles. The van der Waals surface area contributed by atoms with E-state index < -0.39 is 12.0 Å². The highest BCUT2D eigenvalue weighted by molar-refractivity contribution is 5.96. The van der Waals surface area contributed by atoms with Crippen LogP contribution in [0.2, 0.25) is 0 Å². The van der Waals surface area contributed by atoms with E-state index in [0.717, 1.165) is 18.4 Å². The van der Waals surface area contributed by atoms with Crippen molar-refractivity contribution < 1.29 is 19.1 Å². The molecule has 0 radical (unpaired) electrons. The minimum Gasteiger partial charge on any atom is -0.480 e. The monoisotopic (exact) mass is 300 g/mol. The van der Waals surface area contributed by atoms with Gasteiger partial charge in [0, 0.05) is 11.1 Å². The summed E-state index contributed by atoms with van der Waals surface area (Å²) in [5.74, 6) is -0.324. The Morgan fingerprint density at radius 3 is 2.59 bits per heavy atom. The molecule has 2 N–H and O–H groups in total. The van der Waals surface area contributed by atoms with E-state index in [9.17, 15) is 14.7 Å². The van der Waals surface area contributed by atoms with Crippen LogP contribution in [0.5, 0.6) is 0 Å². The Bertz CT molecular complexity index is 660. The van der Waals surface area contributed by atoms with Crippen LogP contribution in [0.15, 0.2) is 41.3 Å². The molecule has 22 heavy (non-hydrogen) atoms. The fraction of sp³-hybridized carbons (Fsp3) is 0.312. The van der Waals surface area contributed by atoms with Gasteiger partial charge in [0.15, 0.2) is 12.2 Å². The second-order valence-corrected chi connectivity index (χ2v) is 5.49. The number of amides is 1. The molecule has 3 rings (SSSR count). The van der Waals surface area contributed by atoms with Crippen LogP contribution in [0.4, 0.5) is 0 Å². The van der Waals surface area contributed by atoms with Crippen LogP contribution < -0.4 is 5.32 Å². The summed E-state index contributed by atoms with van der Waals surface area (Å²) in [4.78, 5) is 27.2. The molecule has 114 valence electrons. The first-order valence-corrected chi connectivity index (χ1v) is 7.16. The first-order chi connectivity index (χ1) is 10.6. The average Bonchev–Trinajstić information content (AvgIpc) is 3.16. The van der Waals surface area contributed by atoms with Crippen molar-refractivity contribution in [3.63, 3.8) is 0 Å². The normalized spacial score (nSPS) is 15.3. The molecule has 6 heteroatoms. The molecule has 6 nitrogen and oxygen atoms in total. The summed E-state index contributed by atoms with van der Waals surface area (Å²) in [5, 5.41) is 11.8. The van der Waals surface area contributed by atoms with Gasteiger partial charge in [-0.15, -0.1) is 0 Å². The molecule has 1 aromatic carbocycles. The van der Waals surface area contributed by atoms with Gasteiger partial charge in [-0.2, -0.15) is 0 Å². The third-order valence-electron chi connectivity index (χ3n) is 3.73. The number of aromatic nitrogens is 1. The molecule has 1 aliphatic rings. The lowest BCUT2D eigenvalue weighted by atomic mass is 10.1. The first-order valence-electron chi connectivity index (χ1n) is 7.16. The number of hydrogen-bond acceptors (Lipinski definition) is 4. The quantitative estimate of drug-likeness (QED) is 0.854. The van der Waals surface area contributed by atoms with E-state index >= 15 is 0 Å². The number of carbonyl (C=O) groups is 2. The van der Waals surface area contributed by atoms with Gasteiger partial charge in [0.2, 0.25) is 0 Å². The topological polar surface area (TPSA) is 92.4 Å². The molecule has 1 aromatic heterocycles. The molecule has 0 saturated heterocycles. The molecule has 0 spiro atoms. The lowest BCUT2D eigenvalue weighted by Crippen LogP contribution is -2.41. The van der Waals surface area contributed by atoms with E-state index in [1.54, 1.807) is 30.5 Å². The number of nitrogens with zero attached hydrogens (tertiary/aromatic N) is 1. The number of oxazole rings is 1. The summed E-state index contributed by atoms with van der Waals surface area (Å²) >= 11 is 0. The molecular formula is C16H16N2O4. The highest BCUT2D eigenvalue weighted by Crippen LogP contribution is 2.33. The van der Waals surface area contributed by atoms with Crippen molar-refractivity contribution in [1.82, 2.24) is 10.3 Å². The van der Waals surface area contributed by atoms with Crippen molar-refractivity contribution in [2.75, 3.05) is 0 Å². The minimum absolute atomic E-state index is 0.378. The number of aliphatic carboxylic acids is 1. The average molecular weight is 300 g/mol. The van der Waals surface area contributed by atoms with Crippen LogP contribution in [0.25, 0.3) is 11.3 Å². The third-order valence-corrected chi connectivity index (χ3v) is 3.73. The van der Waals surface area contributed by atoms with Gasteiger partial charge in [-0.3, -0.25) is 4.79 Å². The van der Waals surface area contributed by atoms with Gasteiger partial charge >= 0.3 is 5.97 Å². The standard InChI is InChI=1S/C16H16N2O4/c19-15(18-13(16(20)21)7-10-1-2-10)12-5-3-11(4-6-12)14-8-17-9-22-14/h3-6,8-10,13H,1-2,7H2,(H,18,19)(H,20,21).